The third-order valence-electron chi connectivity index (χ3n) is 7.24. The van der Waals surface area contributed by atoms with E-state index < -0.39 is 18.1 Å². The number of fused-ring (bicyclic) bond motifs is 4. The molecule has 1 atom stereocenters. The van der Waals surface area contributed by atoms with Crippen LogP contribution in [-0.4, -0.2) is 34.8 Å². The summed E-state index contributed by atoms with van der Waals surface area (Å²) >= 11 is 0. The number of aliphatic carboxylic acids is 1. The first-order valence-corrected chi connectivity index (χ1v) is 12.6. The van der Waals surface area contributed by atoms with Crippen LogP contribution in [0, 0.1) is 0 Å². The molecule has 0 aliphatic heterocycles. The van der Waals surface area contributed by atoms with Crippen molar-refractivity contribution in [2.75, 3.05) is 6.61 Å². The molecule has 0 radical (unpaired) electrons. The van der Waals surface area contributed by atoms with Crippen LogP contribution in [0.15, 0.2) is 103 Å². The number of amides is 1. The van der Waals surface area contributed by atoms with E-state index in [9.17, 15) is 14.7 Å². The largest absolute Gasteiger partial charge is 0.480 e. The molecule has 1 unspecified atom stereocenters. The van der Waals surface area contributed by atoms with Crippen LogP contribution in [0.4, 0.5) is 4.79 Å². The zero-order valence-electron chi connectivity index (χ0n) is 20.6. The van der Waals surface area contributed by atoms with Crippen LogP contribution in [0.1, 0.15) is 22.6 Å². The highest BCUT2D eigenvalue weighted by Gasteiger charge is 2.30. The summed E-state index contributed by atoms with van der Waals surface area (Å²) in [5, 5.41) is 13.4. The molecule has 0 bridgehead atoms. The normalized spacial score (nSPS) is 13.1. The van der Waals surface area contributed by atoms with E-state index in [1.807, 2.05) is 91.1 Å². The van der Waals surface area contributed by atoms with Crippen molar-refractivity contribution in [2.45, 2.75) is 18.4 Å². The number of benzene rings is 4. The number of alkyl carbamates (subject to hydrolysis) is 1. The maximum atomic E-state index is 12.8. The van der Waals surface area contributed by atoms with Crippen molar-refractivity contribution >= 4 is 23.0 Å². The molecule has 5 aromatic rings. The Hall–Kier alpha value is -4.84. The third kappa shape index (κ3) is 4.30. The maximum absolute atomic E-state index is 12.8. The molecule has 6 rings (SSSR count). The molecule has 6 heteroatoms. The molecule has 1 aromatic heterocycles. The first-order chi connectivity index (χ1) is 18.6. The van der Waals surface area contributed by atoms with Crippen LogP contribution in [0.3, 0.4) is 0 Å². The van der Waals surface area contributed by atoms with E-state index >= 15 is 0 Å². The van der Waals surface area contributed by atoms with E-state index in [4.69, 9.17) is 4.74 Å². The Labute approximate surface area is 219 Å². The van der Waals surface area contributed by atoms with Crippen molar-refractivity contribution in [3.05, 3.63) is 120 Å². The highest BCUT2D eigenvalue weighted by atomic mass is 16.5. The summed E-state index contributed by atoms with van der Waals surface area (Å²) in [5.41, 5.74) is 8.31. The number of aromatic amines is 1. The van der Waals surface area contributed by atoms with Crippen LogP contribution in [0.25, 0.3) is 33.2 Å². The van der Waals surface area contributed by atoms with Gasteiger partial charge in [-0.1, -0.05) is 97.1 Å². The summed E-state index contributed by atoms with van der Waals surface area (Å²) in [4.78, 5) is 28.2. The number of carbonyl (C=O) groups excluding carboxylic acids is 1. The highest BCUT2D eigenvalue weighted by Crippen LogP contribution is 2.44. The van der Waals surface area contributed by atoms with E-state index in [0.717, 1.165) is 49.8 Å². The van der Waals surface area contributed by atoms with E-state index in [1.54, 1.807) is 0 Å². The van der Waals surface area contributed by atoms with Gasteiger partial charge in [0.15, 0.2) is 0 Å². The number of H-pyrrole nitrogens is 1. The average Bonchev–Trinajstić information content (AvgIpc) is 3.51. The Bertz CT molecular complexity index is 1590. The van der Waals surface area contributed by atoms with Gasteiger partial charge in [-0.2, -0.15) is 0 Å². The quantitative estimate of drug-likeness (QED) is 0.241. The minimum atomic E-state index is -1.13. The Morgan fingerprint density at radius 3 is 2.13 bits per heavy atom. The Kier molecular flexibility index (Phi) is 6.14. The van der Waals surface area contributed by atoms with Gasteiger partial charge >= 0.3 is 12.1 Å². The number of hydrogen-bond donors (Lipinski definition) is 3. The first-order valence-electron chi connectivity index (χ1n) is 12.6. The van der Waals surface area contributed by atoms with Gasteiger partial charge in [-0.05, 0) is 33.4 Å². The predicted octanol–water partition coefficient (Wildman–Crippen LogP) is 6.37. The van der Waals surface area contributed by atoms with Gasteiger partial charge in [0.2, 0.25) is 0 Å². The minimum absolute atomic E-state index is 0.0959. The second-order valence-electron chi connectivity index (χ2n) is 9.47. The molecule has 38 heavy (non-hydrogen) atoms. The summed E-state index contributed by atoms with van der Waals surface area (Å²) in [6.45, 7) is 0.125. The Morgan fingerprint density at radius 2 is 1.45 bits per heavy atom. The fourth-order valence-corrected chi connectivity index (χ4v) is 5.44. The highest BCUT2D eigenvalue weighted by molar-refractivity contribution is 5.96. The maximum Gasteiger partial charge on any atom is 0.407 e. The van der Waals surface area contributed by atoms with E-state index in [-0.39, 0.29) is 18.9 Å². The third-order valence-corrected chi connectivity index (χ3v) is 7.24. The van der Waals surface area contributed by atoms with Crippen LogP contribution in [0.5, 0.6) is 0 Å². The van der Waals surface area contributed by atoms with Crippen molar-refractivity contribution < 1.29 is 19.4 Å². The standard InChI is InChI=1S/C32H26N2O4/c35-31(36)29(17-21-18-33-30-22(15-8-16-23(21)30)20-9-2-1-3-10-20)34-32(37)38-19-28-26-13-6-4-11-24(26)25-12-5-7-14-27(25)28/h1-16,18,28-29,33H,17,19H2,(H,34,37)(H,35,36). The number of aromatic nitrogens is 1. The number of nitrogens with one attached hydrogen (secondary N) is 2. The lowest BCUT2D eigenvalue weighted by atomic mass is 9.98. The molecule has 0 saturated heterocycles. The van der Waals surface area contributed by atoms with E-state index in [2.05, 4.69) is 22.4 Å². The monoisotopic (exact) mass is 502 g/mol. The smallest absolute Gasteiger partial charge is 0.407 e. The van der Waals surface area contributed by atoms with Crippen molar-refractivity contribution in [3.63, 3.8) is 0 Å². The molecule has 1 heterocycles. The van der Waals surface area contributed by atoms with Crippen molar-refractivity contribution in [1.29, 1.82) is 0 Å². The number of hydrogen-bond acceptors (Lipinski definition) is 3. The lowest BCUT2D eigenvalue weighted by molar-refractivity contribution is -0.139. The molecule has 188 valence electrons. The molecule has 0 fully saturated rings. The lowest BCUT2D eigenvalue weighted by Gasteiger charge is -2.17. The molecule has 4 aromatic carbocycles. The van der Waals surface area contributed by atoms with Gasteiger partial charge in [0.1, 0.15) is 12.6 Å². The van der Waals surface area contributed by atoms with E-state index in [0.29, 0.717) is 0 Å². The molecule has 6 nitrogen and oxygen atoms in total. The van der Waals surface area contributed by atoms with Crippen molar-refractivity contribution in [1.82, 2.24) is 10.3 Å². The summed E-state index contributed by atoms with van der Waals surface area (Å²) < 4.78 is 5.58. The van der Waals surface area contributed by atoms with Crippen LogP contribution < -0.4 is 5.32 Å². The Morgan fingerprint density at radius 1 is 0.816 bits per heavy atom. The average molecular weight is 503 g/mol. The predicted molar refractivity (Wildman–Crippen MR) is 147 cm³/mol. The summed E-state index contributed by atoms with van der Waals surface area (Å²) in [6, 6.07) is 31.0. The zero-order chi connectivity index (χ0) is 26.1. The van der Waals surface area contributed by atoms with Gasteiger partial charge in [-0.3, -0.25) is 0 Å². The molecule has 1 aliphatic carbocycles. The van der Waals surface area contributed by atoms with Crippen molar-refractivity contribution in [2.24, 2.45) is 0 Å². The van der Waals surface area contributed by atoms with Crippen LogP contribution in [-0.2, 0) is 16.0 Å². The van der Waals surface area contributed by atoms with E-state index in [1.165, 1.54) is 0 Å². The fourth-order valence-electron chi connectivity index (χ4n) is 5.44. The number of rotatable bonds is 7. The molecular formula is C32H26N2O4. The molecular weight excluding hydrogens is 476 g/mol. The summed E-state index contributed by atoms with van der Waals surface area (Å²) in [7, 11) is 0. The van der Waals surface area contributed by atoms with Gasteiger partial charge < -0.3 is 20.1 Å². The molecule has 1 aliphatic rings. The molecule has 3 N–H and O–H groups in total. The number of para-hydroxylation sites is 1. The topological polar surface area (TPSA) is 91.4 Å². The molecule has 0 saturated carbocycles. The lowest BCUT2D eigenvalue weighted by Crippen LogP contribution is -2.42. The number of carboxylic acids is 1. The van der Waals surface area contributed by atoms with Gasteiger partial charge in [0.05, 0.1) is 5.52 Å². The summed E-state index contributed by atoms with van der Waals surface area (Å²) in [5.74, 6) is -1.21. The van der Waals surface area contributed by atoms with Crippen LogP contribution in [0.2, 0.25) is 0 Å². The number of ether oxygens (including phenoxy) is 1. The number of carbonyl (C=O) groups is 2. The van der Waals surface area contributed by atoms with Crippen LogP contribution >= 0.6 is 0 Å². The second kappa shape index (κ2) is 9.90. The molecule has 1 amide bonds. The van der Waals surface area contributed by atoms with Gasteiger partial charge in [0.25, 0.3) is 0 Å². The van der Waals surface area contributed by atoms with Crippen molar-refractivity contribution in [3.8, 4) is 22.3 Å². The van der Waals surface area contributed by atoms with Gasteiger partial charge in [-0.15, -0.1) is 0 Å². The molecule has 0 spiro atoms. The summed E-state index contributed by atoms with van der Waals surface area (Å²) in [6.07, 6.45) is 1.19. The fraction of sp³-hybridized carbons (Fsp3) is 0.125. The SMILES string of the molecule is O=C(NC(Cc1c[nH]c2c(-c3ccccc3)cccc12)C(=O)O)OCC1c2ccccc2-c2ccccc21. The minimum Gasteiger partial charge on any atom is -0.480 e. The Balaban J connectivity index is 1.17. The first kappa shape index (κ1) is 23.6. The zero-order valence-corrected chi connectivity index (χ0v) is 20.6. The van der Waals surface area contributed by atoms with Gasteiger partial charge in [-0.25, -0.2) is 9.59 Å². The van der Waals surface area contributed by atoms with Gasteiger partial charge in [0, 0.05) is 29.5 Å². The second-order valence-corrected chi connectivity index (χ2v) is 9.47. The number of carboxylic acid groups (broad SMARTS) is 1.